The van der Waals surface area contributed by atoms with E-state index >= 15 is 0 Å². The lowest BCUT2D eigenvalue weighted by atomic mass is 9.91. The largest absolute Gasteiger partial charge is 0.284 e. The molecular weight excluding hydrogens is 467 g/mol. The molecule has 2 heterocycles. The van der Waals surface area contributed by atoms with Crippen LogP contribution in [0, 0.1) is 5.92 Å². The third kappa shape index (κ3) is 5.23. The van der Waals surface area contributed by atoms with Crippen molar-refractivity contribution in [1.82, 2.24) is 10.4 Å². The van der Waals surface area contributed by atoms with Crippen molar-refractivity contribution >= 4 is 52.1 Å². The van der Waals surface area contributed by atoms with Gasteiger partial charge in [0.2, 0.25) is 0 Å². The van der Waals surface area contributed by atoms with Gasteiger partial charge in [0.15, 0.2) is 0 Å². The number of benzene rings is 2. The number of hydrogen-bond acceptors (Lipinski definition) is 4. The molecule has 2 atom stereocenters. The summed E-state index contributed by atoms with van der Waals surface area (Å²) < 4.78 is 0. The van der Waals surface area contributed by atoms with Gasteiger partial charge in [-0.3, -0.25) is 15.2 Å². The zero-order valence-corrected chi connectivity index (χ0v) is 20.3. The molecule has 1 fully saturated rings. The third-order valence-electron chi connectivity index (χ3n) is 6.10. The molecule has 1 N–H and O–H groups in total. The molecule has 0 bridgehead atoms. The fourth-order valence-electron chi connectivity index (χ4n) is 4.40. The monoisotopic (exact) mass is 492 g/mol. The zero-order chi connectivity index (χ0) is 22.7. The summed E-state index contributed by atoms with van der Waals surface area (Å²) in [6, 6.07) is 12.7. The number of halogens is 3. The first-order chi connectivity index (χ1) is 15.4. The summed E-state index contributed by atoms with van der Waals surface area (Å²) >= 11 is 18.8. The van der Waals surface area contributed by atoms with Crippen molar-refractivity contribution in [1.29, 1.82) is 0 Å². The molecule has 170 valence electrons. The Morgan fingerprint density at radius 1 is 0.938 bits per heavy atom. The maximum absolute atomic E-state index is 13.3. The van der Waals surface area contributed by atoms with Crippen molar-refractivity contribution in [3.8, 4) is 0 Å². The van der Waals surface area contributed by atoms with E-state index in [4.69, 9.17) is 39.9 Å². The summed E-state index contributed by atoms with van der Waals surface area (Å²) in [5, 5.41) is 10.3. The molecule has 8 heteroatoms. The Labute approximate surface area is 204 Å². The number of amides is 1. The number of anilines is 1. The summed E-state index contributed by atoms with van der Waals surface area (Å²) in [6.45, 7) is 3.75. The number of carbonyl (C=O) groups excluding carboxylic acids is 1. The van der Waals surface area contributed by atoms with Gasteiger partial charge in [0.25, 0.3) is 5.91 Å². The minimum Gasteiger partial charge on any atom is -0.284 e. The SMILES string of the molecule is C[C@H]1C(C(=O)NN2CCCCCCC2)=NN(c2ccc(Cl)cc2Cl)[C@H]1c1ccc(Cl)cc1. The lowest BCUT2D eigenvalue weighted by Crippen LogP contribution is -2.47. The molecule has 1 amide bonds. The van der Waals surface area contributed by atoms with Crippen LogP contribution in [0.1, 0.15) is 50.6 Å². The lowest BCUT2D eigenvalue weighted by Gasteiger charge is -2.28. The first-order valence-electron chi connectivity index (χ1n) is 11.1. The van der Waals surface area contributed by atoms with Crippen molar-refractivity contribution in [2.75, 3.05) is 18.1 Å². The minimum absolute atomic E-state index is 0.155. The van der Waals surface area contributed by atoms with E-state index in [9.17, 15) is 4.79 Å². The molecule has 0 spiro atoms. The summed E-state index contributed by atoms with van der Waals surface area (Å²) in [7, 11) is 0. The van der Waals surface area contributed by atoms with Gasteiger partial charge in [-0.15, -0.1) is 0 Å². The quantitative estimate of drug-likeness (QED) is 0.529. The number of nitrogens with one attached hydrogen (secondary N) is 1. The van der Waals surface area contributed by atoms with Gasteiger partial charge in [-0.1, -0.05) is 73.1 Å². The molecule has 4 rings (SSSR count). The summed E-state index contributed by atoms with van der Waals surface area (Å²) in [6.07, 6.45) is 5.84. The molecule has 0 radical (unpaired) electrons. The van der Waals surface area contributed by atoms with Crippen LogP contribution >= 0.6 is 34.8 Å². The van der Waals surface area contributed by atoms with Crippen LogP contribution in [0.15, 0.2) is 47.6 Å². The molecular formula is C24H27Cl3N4O. The predicted octanol–water partition coefficient (Wildman–Crippen LogP) is 6.50. The van der Waals surface area contributed by atoms with Crippen LogP contribution in [-0.2, 0) is 4.79 Å². The average molecular weight is 494 g/mol. The highest BCUT2D eigenvalue weighted by Crippen LogP contribution is 2.42. The van der Waals surface area contributed by atoms with Gasteiger partial charge < -0.3 is 0 Å². The predicted molar refractivity (Wildman–Crippen MR) is 133 cm³/mol. The molecule has 1 saturated heterocycles. The number of carbonyl (C=O) groups is 1. The average Bonchev–Trinajstić information content (AvgIpc) is 3.07. The molecule has 2 aliphatic rings. The molecule has 0 aliphatic carbocycles. The normalized spacial score (nSPS) is 22.2. The van der Waals surface area contributed by atoms with Crippen LogP contribution in [0.4, 0.5) is 5.69 Å². The fourth-order valence-corrected chi connectivity index (χ4v) is 5.02. The Hall–Kier alpha value is -1.79. The Morgan fingerprint density at radius 2 is 1.56 bits per heavy atom. The van der Waals surface area contributed by atoms with Gasteiger partial charge in [0.05, 0.1) is 16.8 Å². The summed E-state index contributed by atoms with van der Waals surface area (Å²) in [4.78, 5) is 13.3. The van der Waals surface area contributed by atoms with Crippen molar-refractivity contribution < 1.29 is 4.79 Å². The van der Waals surface area contributed by atoms with Gasteiger partial charge in [0, 0.05) is 29.1 Å². The minimum atomic E-state index is -0.195. The van der Waals surface area contributed by atoms with E-state index < -0.39 is 0 Å². The van der Waals surface area contributed by atoms with Crippen molar-refractivity contribution in [2.24, 2.45) is 11.0 Å². The first-order valence-corrected chi connectivity index (χ1v) is 12.2. The van der Waals surface area contributed by atoms with E-state index in [0.29, 0.717) is 26.5 Å². The van der Waals surface area contributed by atoms with Crippen LogP contribution in [0.5, 0.6) is 0 Å². The Morgan fingerprint density at radius 3 is 2.22 bits per heavy atom. The van der Waals surface area contributed by atoms with Crippen LogP contribution < -0.4 is 10.4 Å². The molecule has 0 unspecified atom stereocenters. The maximum atomic E-state index is 13.3. The summed E-state index contributed by atoms with van der Waals surface area (Å²) in [5.41, 5.74) is 5.29. The number of rotatable bonds is 4. The van der Waals surface area contributed by atoms with Crippen LogP contribution in [0.25, 0.3) is 0 Å². The van der Waals surface area contributed by atoms with E-state index in [1.807, 2.05) is 47.3 Å². The first kappa shape index (κ1) is 23.4. The van der Waals surface area contributed by atoms with Crippen LogP contribution in [-0.4, -0.2) is 29.7 Å². The van der Waals surface area contributed by atoms with E-state index in [2.05, 4.69) is 5.43 Å². The molecule has 5 nitrogen and oxygen atoms in total. The topological polar surface area (TPSA) is 47.9 Å². The highest BCUT2D eigenvalue weighted by Gasteiger charge is 2.40. The third-order valence-corrected chi connectivity index (χ3v) is 6.89. The molecule has 2 aromatic carbocycles. The second-order valence-electron chi connectivity index (χ2n) is 8.41. The van der Waals surface area contributed by atoms with Gasteiger partial charge in [-0.2, -0.15) is 5.10 Å². The standard InChI is InChI=1S/C24H27Cl3N4O/c1-16-22(24(32)29-30-13-5-3-2-4-6-14-30)28-31(21-12-11-19(26)15-20(21)27)23(16)17-7-9-18(25)10-8-17/h7-12,15-16,23H,2-6,13-14H2,1H3,(H,29,32)/t16-,23+/m0/s1. The second kappa shape index (κ2) is 10.4. The van der Waals surface area contributed by atoms with E-state index in [1.54, 1.807) is 12.1 Å². The molecule has 0 aromatic heterocycles. The fraction of sp³-hybridized carbons (Fsp3) is 0.417. The molecule has 2 aromatic rings. The molecule has 0 saturated carbocycles. The molecule has 2 aliphatic heterocycles. The van der Waals surface area contributed by atoms with Gasteiger partial charge in [-0.05, 0) is 48.7 Å². The van der Waals surface area contributed by atoms with Crippen molar-refractivity contribution in [3.05, 3.63) is 63.1 Å². The number of hydrazone groups is 1. The highest BCUT2D eigenvalue weighted by molar-refractivity contribution is 6.41. The maximum Gasteiger partial charge on any atom is 0.282 e. The van der Waals surface area contributed by atoms with Gasteiger partial charge in [0.1, 0.15) is 5.71 Å². The van der Waals surface area contributed by atoms with Crippen LogP contribution in [0.3, 0.4) is 0 Å². The van der Waals surface area contributed by atoms with Crippen molar-refractivity contribution in [3.63, 3.8) is 0 Å². The Kier molecular flexibility index (Phi) is 7.62. The lowest BCUT2D eigenvalue weighted by molar-refractivity contribution is -0.119. The zero-order valence-electron chi connectivity index (χ0n) is 18.0. The molecule has 32 heavy (non-hydrogen) atoms. The summed E-state index contributed by atoms with van der Waals surface area (Å²) in [5.74, 6) is -0.317. The van der Waals surface area contributed by atoms with Crippen molar-refractivity contribution in [2.45, 2.75) is 45.1 Å². The van der Waals surface area contributed by atoms with E-state index in [-0.39, 0.29) is 17.9 Å². The Bertz CT molecular complexity index is 987. The number of nitrogens with zero attached hydrogens (tertiary/aromatic N) is 3. The second-order valence-corrected chi connectivity index (χ2v) is 9.69. The van der Waals surface area contributed by atoms with Gasteiger partial charge in [-0.25, -0.2) is 5.01 Å². The van der Waals surface area contributed by atoms with Crippen LogP contribution in [0.2, 0.25) is 15.1 Å². The van der Waals surface area contributed by atoms with Gasteiger partial charge >= 0.3 is 0 Å². The highest BCUT2D eigenvalue weighted by atomic mass is 35.5. The number of hydrogen-bond donors (Lipinski definition) is 1. The smallest absolute Gasteiger partial charge is 0.282 e. The Balaban J connectivity index is 1.64. The number of hydrazine groups is 1. The van der Waals surface area contributed by atoms with E-state index in [0.717, 1.165) is 31.5 Å². The van der Waals surface area contributed by atoms with E-state index in [1.165, 1.54) is 19.3 Å².